The summed E-state index contributed by atoms with van der Waals surface area (Å²) in [7, 11) is 0. The summed E-state index contributed by atoms with van der Waals surface area (Å²) in [5, 5.41) is 11.2. The van der Waals surface area contributed by atoms with Crippen LogP contribution < -0.4 is 5.32 Å². The molecule has 1 amide bonds. The minimum absolute atomic E-state index is 0.0196. The second-order valence-electron chi connectivity index (χ2n) is 4.13. The van der Waals surface area contributed by atoms with Gasteiger partial charge in [0.1, 0.15) is 0 Å². The second-order valence-corrected chi connectivity index (χ2v) is 4.13. The van der Waals surface area contributed by atoms with Gasteiger partial charge in [-0.25, -0.2) is 13.6 Å². The van der Waals surface area contributed by atoms with Crippen molar-refractivity contribution in [1.82, 2.24) is 10.3 Å². The first-order valence-corrected chi connectivity index (χ1v) is 5.89. The number of pyridine rings is 1. The summed E-state index contributed by atoms with van der Waals surface area (Å²) < 4.78 is 26.4. The number of carbonyl (C=O) groups is 2. The number of carboxylic acids is 1. The van der Waals surface area contributed by atoms with Crippen molar-refractivity contribution in [2.24, 2.45) is 0 Å². The van der Waals surface area contributed by atoms with E-state index in [4.69, 9.17) is 5.11 Å². The standard InChI is InChI=1S/C14H10F2N2O3/c15-11-3-1-2-10(12(11)16)13(19)18-7-9-6-8(14(20)21)4-5-17-9/h1-6H,7H2,(H,18,19)(H,20,21). The Kier molecular flexibility index (Phi) is 4.22. The maximum Gasteiger partial charge on any atom is 0.335 e. The van der Waals surface area contributed by atoms with Crippen molar-refractivity contribution in [2.75, 3.05) is 0 Å². The molecule has 0 spiro atoms. The number of rotatable bonds is 4. The van der Waals surface area contributed by atoms with Crippen LogP contribution >= 0.6 is 0 Å². The number of hydrogen-bond donors (Lipinski definition) is 2. The number of aromatic carboxylic acids is 1. The first kappa shape index (κ1) is 14.6. The number of carbonyl (C=O) groups excluding carboxylic acids is 1. The van der Waals surface area contributed by atoms with Gasteiger partial charge in [-0.05, 0) is 24.3 Å². The number of carboxylic acid groups (broad SMARTS) is 1. The lowest BCUT2D eigenvalue weighted by atomic mass is 10.2. The van der Waals surface area contributed by atoms with E-state index >= 15 is 0 Å². The average Bonchev–Trinajstić information content (AvgIpc) is 2.48. The van der Waals surface area contributed by atoms with E-state index in [2.05, 4.69) is 10.3 Å². The molecule has 1 aromatic carbocycles. The lowest BCUT2D eigenvalue weighted by Crippen LogP contribution is -2.24. The summed E-state index contributed by atoms with van der Waals surface area (Å²) in [5.74, 6) is -4.29. The van der Waals surface area contributed by atoms with Gasteiger partial charge in [-0.15, -0.1) is 0 Å². The quantitative estimate of drug-likeness (QED) is 0.903. The summed E-state index contributed by atoms with van der Waals surface area (Å²) in [6, 6.07) is 5.86. The SMILES string of the molecule is O=C(O)c1ccnc(CNC(=O)c2cccc(F)c2F)c1. The molecule has 0 unspecified atom stereocenters. The van der Waals surface area contributed by atoms with E-state index in [1.54, 1.807) is 0 Å². The summed E-state index contributed by atoms with van der Waals surface area (Å²) in [4.78, 5) is 26.4. The van der Waals surface area contributed by atoms with Crippen molar-refractivity contribution in [1.29, 1.82) is 0 Å². The van der Waals surface area contributed by atoms with Gasteiger partial charge in [0, 0.05) is 6.20 Å². The van der Waals surface area contributed by atoms with Crippen molar-refractivity contribution < 1.29 is 23.5 Å². The minimum atomic E-state index is -1.23. The molecule has 0 aliphatic carbocycles. The normalized spacial score (nSPS) is 10.2. The first-order chi connectivity index (χ1) is 9.99. The molecule has 0 saturated carbocycles. The molecular formula is C14H10F2N2O3. The van der Waals surface area contributed by atoms with Gasteiger partial charge in [-0.2, -0.15) is 0 Å². The number of amides is 1. The fraction of sp³-hybridized carbons (Fsp3) is 0.0714. The third-order valence-electron chi connectivity index (χ3n) is 2.69. The average molecular weight is 292 g/mol. The van der Waals surface area contributed by atoms with Gasteiger partial charge in [0.05, 0.1) is 23.4 Å². The Balaban J connectivity index is 2.09. The highest BCUT2D eigenvalue weighted by atomic mass is 19.2. The van der Waals surface area contributed by atoms with Gasteiger partial charge in [-0.1, -0.05) is 6.07 Å². The Bertz CT molecular complexity index is 704. The number of nitrogens with one attached hydrogen (secondary N) is 1. The molecule has 1 aromatic heterocycles. The molecule has 1 heterocycles. The summed E-state index contributed by atoms with van der Waals surface area (Å²) in [6.07, 6.45) is 1.29. The van der Waals surface area contributed by atoms with Crippen LogP contribution in [0.2, 0.25) is 0 Å². The van der Waals surface area contributed by atoms with Crippen LogP contribution in [0.4, 0.5) is 8.78 Å². The third kappa shape index (κ3) is 3.38. The Labute approximate surface area is 118 Å². The van der Waals surface area contributed by atoms with Crippen molar-refractivity contribution in [2.45, 2.75) is 6.54 Å². The van der Waals surface area contributed by atoms with Crippen molar-refractivity contribution in [3.05, 3.63) is 65.0 Å². The molecule has 2 N–H and O–H groups in total. The molecule has 0 saturated heterocycles. The monoisotopic (exact) mass is 292 g/mol. The molecule has 2 rings (SSSR count). The zero-order valence-corrected chi connectivity index (χ0v) is 10.6. The van der Waals surface area contributed by atoms with Gasteiger partial charge in [-0.3, -0.25) is 9.78 Å². The third-order valence-corrected chi connectivity index (χ3v) is 2.69. The van der Waals surface area contributed by atoms with Gasteiger partial charge in [0.15, 0.2) is 11.6 Å². The fourth-order valence-electron chi connectivity index (χ4n) is 1.65. The van der Waals surface area contributed by atoms with Gasteiger partial charge >= 0.3 is 5.97 Å². The van der Waals surface area contributed by atoms with Gasteiger partial charge in [0.2, 0.25) is 0 Å². The maximum atomic E-state index is 13.4. The number of halogens is 2. The van der Waals surface area contributed by atoms with E-state index < -0.39 is 29.1 Å². The minimum Gasteiger partial charge on any atom is -0.478 e. The zero-order valence-electron chi connectivity index (χ0n) is 10.6. The smallest absolute Gasteiger partial charge is 0.335 e. The van der Waals surface area contributed by atoms with Crippen LogP contribution in [0.25, 0.3) is 0 Å². The molecule has 2 aromatic rings. The Morgan fingerprint density at radius 3 is 2.71 bits per heavy atom. The van der Waals surface area contributed by atoms with Gasteiger partial charge in [0.25, 0.3) is 5.91 Å². The Morgan fingerprint density at radius 1 is 1.24 bits per heavy atom. The Hall–Kier alpha value is -2.83. The van der Waals surface area contributed by atoms with E-state index in [0.717, 1.165) is 12.1 Å². The first-order valence-electron chi connectivity index (χ1n) is 5.89. The molecule has 7 heteroatoms. The molecule has 0 fully saturated rings. The van der Waals surface area contributed by atoms with E-state index in [1.165, 1.54) is 24.4 Å². The molecule has 5 nitrogen and oxygen atoms in total. The lowest BCUT2D eigenvalue weighted by Gasteiger charge is -2.06. The molecule has 108 valence electrons. The number of hydrogen-bond acceptors (Lipinski definition) is 3. The predicted octanol–water partition coefficient (Wildman–Crippen LogP) is 1.99. The zero-order chi connectivity index (χ0) is 15.4. The van der Waals surface area contributed by atoms with Crippen LogP contribution in [0.3, 0.4) is 0 Å². The summed E-state index contributed by atoms with van der Waals surface area (Å²) in [6.45, 7) is -0.101. The van der Waals surface area contributed by atoms with E-state index in [9.17, 15) is 18.4 Å². The molecule has 21 heavy (non-hydrogen) atoms. The van der Waals surface area contributed by atoms with Crippen LogP contribution in [-0.4, -0.2) is 22.0 Å². The molecule has 0 aliphatic heterocycles. The highest BCUT2D eigenvalue weighted by Gasteiger charge is 2.15. The van der Waals surface area contributed by atoms with Crippen LogP contribution in [0.1, 0.15) is 26.4 Å². The van der Waals surface area contributed by atoms with Crippen LogP contribution in [0.15, 0.2) is 36.5 Å². The lowest BCUT2D eigenvalue weighted by molar-refractivity contribution is 0.0696. The van der Waals surface area contributed by atoms with E-state index in [0.29, 0.717) is 5.69 Å². The van der Waals surface area contributed by atoms with Crippen molar-refractivity contribution in [3.8, 4) is 0 Å². The number of benzene rings is 1. The van der Waals surface area contributed by atoms with Crippen LogP contribution in [-0.2, 0) is 6.54 Å². The Morgan fingerprint density at radius 2 is 2.00 bits per heavy atom. The van der Waals surface area contributed by atoms with E-state index in [-0.39, 0.29) is 12.1 Å². The fourth-order valence-corrected chi connectivity index (χ4v) is 1.65. The van der Waals surface area contributed by atoms with Gasteiger partial charge < -0.3 is 10.4 Å². The van der Waals surface area contributed by atoms with Crippen LogP contribution in [0.5, 0.6) is 0 Å². The second kappa shape index (κ2) is 6.08. The molecule has 0 atom stereocenters. The summed E-state index contributed by atoms with van der Waals surface area (Å²) >= 11 is 0. The maximum absolute atomic E-state index is 13.4. The topological polar surface area (TPSA) is 79.3 Å². The predicted molar refractivity (Wildman–Crippen MR) is 68.7 cm³/mol. The number of nitrogens with zero attached hydrogens (tertiary/aromatic N) is 1. The van der Waals surface area contributed by atoms with Crippen molar-refractivity contribution in [3.63, 3.8) is 0 Å². The summed E-state index contributed by atoms with van der Waals surface area (Å²) in [5.41, 5.74) is -0.115. The van der Waals surface area contributed by atoms with Crippen molar-refractivity contribution >= 4 is 11.9 Å². The number of aromatic nitrogens is 1. The highest BCUT2D eigenvalue weighted by Crippen LogP contribution is 2.11. The molecule has 0 bridgehead atoms. The largest absolute Gasteiger partial charge is 0.478 e. The molecule has 0 aliphatic rings. The molecule has 0 radical (unpaired) electrons. The van der Waals surface area contributed by atoms with E-state index in [1.807, 2.05) is 0 Å². The molecular weight excluding hydrogens is 282 g/mol. The highest BCUT2D eigenvalue weighted by molar-refractivity contribution is 5.94. The van der Waals surface area contributed by atoms with Crippen LogP contribution in [0, 0.1) is 11.6 Å².